The Balaban J connectivity index is 3.49. The van der Waals surface area contributed by atoms with Crippen LogP contribution >= 0.6 is 0 Å². The average Bonchev–Trinajstić information content (AvgIpc) is 3.41. The zero-order valence-corrected chi connectivity index (χ0v) is 50.3. The number of aliphatic hydroxyl groups is 3. The van der Waals surface area contributed by atoms with Crippen LogP contribution in [0.1, 0.15) is 373 Å². The molecule has 4 N–H and O–H groups in total. The second-order valence-electron chi connectivity index (χ2n) is 23.4. The Labute approximate surface area is 464 Å². The maximum atomic E-state index is 12.6. The molecule has 0 fully saturated rings. The van der Waals surface area contributed by atoms with Crippen molar-refractivity contribution in [3.8, 4) is 0 Å². The minimum absolute atomic E-state index is 0.361. The fourth-order valence-corrected chi connectivity index (χ4v) is 10.8. The van der Waals surface area contributed by atoms with E-state index in [2.05, 4.69) is 43.5 Å². The molecule has 0 spiro atoms. The van der Waals surface area contributed by atoms with Gasteiger partial charge in [-0.05, 0) is 51.4 Å². The number of allylic oxidation sites excluding steroid dienone is 5. The summed E-state index contributed by atoms with van der Waals surface area (Å²) in [5.41, 5.74) is 0. The molecule has 0 bridgehead atoms. The monoisotopic (exact) mass is 1040 g/mol. The minimum Gasteiger partial charge on any atom is -0.394 e. The van der Waals surface area contributed by atoms with Crippen molar-refractivity contribution in [2.24, 2.45) is 0 Å². The lowest BCUT2D eigenvalue weighted by molar-refractivity contribution is -0.131. The van der Waals surface area contributed by atoms with Gasteiger partial charge in [0, 0.05) is 0 Å². The van der Waals surface area contributed by atoms with Crippen LogP contribution in [0.25, 0.3) is 0 Å². The number of unbranched alkanes of at least 4 members (excludes halogenated alkanes) is 51. The summed E-state index contributed by atoms with van der Waals surface area (Å²) in [5.74, 6) is -0.497. The van der Waals surface area contributed by atoms with Gasteiger partial charge in [0.2, 0.25) is 5.91 Å². The van der Waals surface area contributed by atoms with E-state index >= 15 is 0 Å². The molecule has 0 heterocycles. The number of hydrogen-bond acceptors (Lipinski definition) is 4. The van der Waals surface area contributed by atoms with Crippen molar-refractivity contribution in [2.75, 3.05) is 6.61 Å². The first-order chi connectivity index (χ1) is 36.6. The van der Waals surface area contributed by atoms with E-state index in [1.165, 1.54) is 315 Å². The lowest BCUT2D eigenvalue weighted by Crippen LogP contribution is -2.48. The van der Waals surface area contributed by atoms with Crippen molar-refractivity contribution in [3.05, 3.63) is 36.5 Å². The number of carbonyl (C=O) groups excluding carboxylic acids is 1. The van der Waals surface area contributed by atoms with Gasteiger partial charge in [0.05, 0.1) is 18.8 Å². The van der Waals surface area contributed by atoms with Crippen LogP contribution in [0.3, 0.4) is 0 Å². The Morgan fingerprint density at radius 3 is 0.851 bits per heavy atom. The number of nitrogens with one attached hydrogen (secondary N) is 1. The quantitative estimate of drug-likeness (QED) is 0.0361. The van der Waals surface area contributed by atoms with Crippen molar-refractivity contribution in [3.63, 3.8) is 0 Å². The molecular formula is C69H133NO4. The fraction of sp³-hybridized carbons (Fsp3) is 0.899. The molecule has 0 aromatic heterocycles. The van der Waals surface area contributed by atoms with Crippen molar-refractivity contribution in [2.45, 2.75) is 392 Å². The predicted octanol–water partition coefficient (Wildman–Crippen LogP) is 21.7. The van der Waals surface area contributed by atoms with Gasteiger partial charge >= 0.3 is 0 Å². The topological polar surface area (TPSA) is 89.8 Å². The van der Waals surface area contributed by atoms with Gasteiger partial charge in [-0.15, -0.1) is 0 Å². The van der Waals surface area contributed by atoms with Crippen molar-refractivity contribution >= 4 is 5.91 Å². The van der Waals surface area contributed by atoms with E-state index in [1.54, 1.807) is 6.08 Å². The Kier molecular flexibility index (Phi) is 62.9. The molecular weight excluding hydrogens is 907 g/mol. The highest BCUT2D eigenvalue weighted by Gasteiger charge is 2.22. The molecule has 0 aromatic rings. The summed E-state index contributed by atoms with van der Waals surface area (Å²) in [6.07, 6.45) is 85.6. The first-order valence-electron chi connectivity index (χ1n) is 33.8. The zero-order chi connectivity index (χ0) is 53.6. The van der Waals surface area contributed by atoms with E-state index in [0.29, 0.717) is 6.42 Å². The smallest absolute Gasteiger partial charge is 0.249 e. The highest BCUT2D eigenvalue weighted by molar-refractivity contribution is 5.80. The van der Waals surface area contributed by atoms with Crippen LogP contribution in [0.2, 0.25) is 0 Å². The van der Waals surface area contributed by atoms with Gasteiger partial charge in [-0.2, -0.15) is 0 Å². The Morgan fingerprint density at radius 2 is 0.581 bits per heavy atom. The summed E-state index contributed by atoms with van der Waals surface area (Å²) in [6.45, 7) is 4.23. The van der Waals surface area contributed by atoms with Gasteiger partial charge in [-0.1, -0.05) is 359 Å². The fourth-order valence-electron chi connectivity index (χ4n) is 10.8. The van der Waals surface area contributed by atoms with E-state index in [9.17, 15) is 20.1 Å². The number of rotatable bonds is 63. The maximum absolute atomic E-state index is 12.6. The summed E-state index contributed by atoms with van der Waals surface area (Å²) in [5, 5.41) is 33.5. The predicted molar refractivity (Wildman–Crippen MR) is 328 cm³/mol. The third kappa shape index (κ3) is 58.3. The lowest BCUT2D eigenvalue weighted by atomic mass is 10.0. The summed E-state index contributed by atoms with van der Waals surface area (Å²) in [6, 6.07) is -0.799. The van der Waals surface area contributed by atoms with Crippen molar-refractivity contribution in [1.82, 2.24) is 5.32 Å². The van der Waals surface area contributed by atoms with Crippen LogP contribution in [0.5, 0.6) is 0 Å². The van der Waals surface area contributed by atoms with Crippen LogP contribution < -0.4 is 5.32 Å². The highest BCUT2D eigenvalue weighted by Crippen LogP contribution is 2.19. The summed E-state index contributed by atoms with van der Waals surface area (Å²) >= 11 is 0. The molecule has 0 saturated heterocycles. The maximum Gasteiger partial charge on any atom is 0.249 e. The Bertz CT molecular complexity index is 1150. The molecule has 0 aliphatic carbocycles. The largest absolute Gasteiger partial charge is 0.394 e. The number of hydrogen-bond donors (Lipinski definition) is 4. The third-order valence-electron chi connectivity index (χ3n) is 16.0. The van der Waals surface area contributed by atoms with Gasteiger partial charge in [-0.25, -0.2) is 0 Å². The van der Waals surface area contributed by atoms with Gasteiger partial charge < -0.3 is 20.6 Å². The molecule has 3 atom stereocenters. The molecule has 1 amide bonds. The molecule has 0 radical (unpaired) electrons. The van der Waals surface area contributed by atoms with E-state index in [4.69, 9.17) is 0 Å². The molecule has 438 valence electrons. The van der Waals surface area contributed by atoms with Crippen LogP contribution in [0.4, 0.5) is 0 Å². The second kappa shape index (κ2) is 64.1. The number of amides is 1. The van der Waals surface area contributed by atoms with Crippen LogP contribution in [-0.4, -0.2) is 46.1 Å². The van der Waals surface area contributed by atoms with Crippen LogP contribution in [0.15, 0.2) is 36.5 Å². The summed E-state index contributed by atoms with van der Waals surface area (Å²) in [4.78, 5) is 12.6. The minimum atomic E-state index is -1.10. The normalized spacial score (nSPS) is 13.3. The summed E-state index contributed by atoms with van der Waals surface area (Å²) < 4.78 is 0. The van der Waals surface area contributed by atoms with Gasteiger partial charge in [0.25, 0.3) is 0 Å². The van der Waals surface area contributed by atoms with Crippen molar-refractivity contribution < 1.29 is 20.1 Å². The molecule has 5 nitrogen and oxygen atoms in total. The van der Waals surface area contributed by atoms with Gasteiger partial charge in [-0.3, -0.25) is 4.79 Å². The molecule has 0 aromatic carbocycles. The molecule has 5 heteroatoms. The highest BCUT2D eigenvalue weighted by atomic mass is 16.3. The molecule has 3 unspecified atom stereocenters. The Hall–Kier alpha value is -1.43. The first kappa shape index (κ1) is 72.6. The number of carbonyl (C=O) groups is 1. The molecule has 0 saturated carbocycles. The number of aliphatic hydroxyl groups excluding tert-OH is 3. The third-order valence-corrected chi connectivity index (χ3v) is 16.0. The van der Waals surface area contributed by atoms with E-state index in [-0.39, 0.29) is 6.61 Å². The van der Waals surface area contributed by atoms with Crippen LogP contribution in [-0.2, 0) is 4.79 Å². The van der Waals surface area contributed by atoms with E-state index < -0.39 is 24.2 Å². The van der Waals surface area contributed by atoms with E-state index in [0.717, 1.165) is 38.5 Å². The summed E-state index contributed by atoms with van der Waals surface area (Å²) in [7, 11) is 0. The zero-order valence-electron chi connectivity index (χ0n) is 50.3. The Morgan fingerprint density at radius 1 is 0.338 bits per heavy atom. The lowest BCUT2D eigenvalue weighted by Gasteiger charge is -2.21. The molecule has 0 rings (SSSR count). The standard InChI is InChI=1S/C69H133NO4/c1-3-5-7-9-11-13-15-17-19-21-23-25-27-28-29-30-31-32-33-34-35-36-37-38-39-40-41-42-44-46-48-50-52-54-56-58-60-62-64-68(73)69(74)70-66(65-71)67(72)63-61-59-57-55-53-51-49-47-45-43-26-24-22-20-18-16-14-12-10-8-6-4-2/h31-32,34-35,61,63,66-68,71-73H,3-30,33,36-60,62,64-65H2,1-2H3,(H,70,74)/b32-31-,35-34-,63-61+. The van der Waals surface area contributed by atoms with Crippen LogP contribution in [0, 0.1) is 0 Å². The molecule has 0 aliphatic heterocycles. The second-order valence-corrected chi connectivity index (χ2v) is 23.4. The van der Waals surface area contributed by atoms with Gasteiger partial charge in [0.1, 0.15) is 6.10 Å². The average molecular weight is 1040 g/mol. The molecule has 0 aliphatic rings. The first-order valence-corrected chi connectivity index (χ1v) is 33.8. The van der Waals surface area contributed by atoms with Gasteiger partial charge in [0.15, 0.2) is 0 Å². The van der Waals surface area contributed by atoms with Crippen molar-refractivity contribution in [1.29, 1.82) is 0 Å². The van der Waals surface area contributed by atoms with E-state index in [1.807, 2.05) is 6.08 Å². The SMILES string of the molecule is CCCCCCCCCCCCCCCCC/C=C\C/C=C\CCCCCCCCCCCCCCCCCCC(O)C(=O)NC(CO)C(O)/C=C/CCCCCCCCCCCCCCCCCCCCCC. The molecule has 74 heavy (non-hydrogen) atoms.